The third-order valence-corrected chi connectivity index (χ3v) is 1.58. The molecule has 3 heteroatoms. The highest BCUT2D eigenvalue weighted by Crippen LogP contribution is 2.15. The molecule has 0 amide bonds. The maximum absolute atomic E-state index is 13.2. The van der Waals surface area contributed by atoms with E-state index in [0.29, 0.717) is 12.0 Å². The number of ether oxygens (including phenoxy) is 1. The minimum Gasteiger partial charge on any atom is -0.497 e. The van der Waals surface area contributed by atoms with Gasteiger partial charge in [-0.15, -0.1) is 0 Å². The minimum atomic E-state index is -0.442. The molecule has 14 heavy (non-hydrogen) atoms. The van der Waals surface area contributed by atoms with Crippen molar-refractivity contribution < 1.29 is 13.9 Å². The molecule has 1 aromatic rings. The van der Waals surface area contributed by atoms with Crippen molar-refractivity contribution in [3.8, 4) is 17.6 Å². The molecular formula is C11H9FO2. The van der Waals surface area contributed by atoms with Crippen LogP contribution in [0.25, 0.3) is 0 Å². The summed E-state index contributed by atoms with van der Waals surface area (Å²) in [5, 5.41) is 0. The number of halogens is 1. The molecule has 0 atom stereocenters. The lowest BCUT2D eigenvalue weighted by atomic mass is 10.2. The fourth-order valence-corrected chi connectivity index (χ4v) is 0.912. The molecule has 0 saturated carbocycles. The van der Waals surface area contributed by atoms with Crippen molar-refractivity contribution in [1.29, 1.82) is 0 Å². The maximum atomic E-state index is 13.2. The smallest absolute Gasteiger partial charge is 0.142 e. The molecule has 0 aliphatic rings. The number of methoxy groups -OCH3 is 1. The number of rotatable bonds is 2. The number of hydrogen-bond acceptors (Lipinski definition) is 2. The molecule has 2 nitrogen and oxygen atoms in total. The Hall–Kier alpha value is -1.82. The van der Waals surface area contributed by atoms with E-state index < -0.39 is 5.82 Å². The fraction of sp³-hybridized carbons (Fsp3) is 0.182. The van der Waals surface area contributed by atoms with Crippen LogP contribution < -0.4 is 4.74 Å². The third-order valence-electron chi connectivity index (χ3n) is 1.58. The van der Waals surface area contributed by atoms with Gasteiger partial charge in [-0.3, -0.25) is 0 Å². The monoisotopic (exact) mass is 192 g/mol. The Balaban J connectivity index is 2.90. The highest BCUT2D eigenvalue weighted by molar-refractivity contribution is 5.55. The van der Waals surface area contributed by atoms with Crippen LogP contribution in [-0.4, -0.2) is 13.4 Å². The summed E-state index contributed by atoms with van der Waals surface area (Å²) in [6, 6.07) is 4.39. The molecule has 0 heterocycles. The van der Waals surface area contributed by atoms with E-state index in [4.69, 9.17) is 4.74 Å². The quantitative estimate of drug-likeness (QED) is 0.527. The second-order valence-electron chi connectivity index (χ2n) is 2.52. The zero-order valence-corrected chi connectivity index (χ0v) is 7.71. The first-order valence-corrected chi connectivity index (χ1v) is 4.04. The first kappa shape index (κ1) is 10.3. The van der Waals surface area contributed by atoms with E-state index in [1.807, 2.05) is 0 Å². The fourth-order valence-electron chi connectivity index (χ4n) is 0.912. The van der Waals surface area contributed by atoms with Crippen LogP contribution in [0.4, 0.5) is 4.39 Å². The highest BCUT2D eigenvalue weighted by Gasteiger charge is 2.00. The minimum absolute atomic E-state index is 0.117. The summed E-state index contributed by atoms with van der Waals surface area (Å²) >= 11 is 0. The molecule has 72 valence electrons. The standard InChI is InChI=1S/C11H9FO2/c1-14-10-6-5-9(11(12)8-10)4-2-3-7-13/h5-8H,3H2,1H3. The molecule has 0 fully saturated rings. The van der Waals surface area contributed by atoms with Gasteiger partial charge in [0.2, 0.25) is 0 Å². The van der Waals surface area contributed by atoms with Gasteiger partial charge in [-0.1, -0.05) is 11.8 Å². The third kappa shape index (κ3) is 2.60. The summed E-state index contributed by atoms with van der Waals surface area (Å²) in [6.07, 6.45) is 0.792. The van der Waals surface area contributed by atoms with Crippen LogP contribution in [-0.2, 0) is 4.79 Å². The Kier molecular flexibility index (Phi) is 3.69. The van der Waals surface area contributed by atoms with Gasteiger partial charge in [0.15, 0.2) is 0 Å². The van der Waals surface area contributed by atoms with Crippen molar-refractivity contribution in [3.05, 3.63) is 29.6 Å². The zero-order valence-electron chi connectivity index (χ0n) is 7.71. The molecule has 1 aromatic carbocycles. The number of benzene rings is 1. The van der Waals surface area contributed by atoms with Gasteiger partial charge in [-0.2, -0.15) is 0 Å². The van der Waals surface area contributed by atoms with Gasteiger partial charge in [0, 0.05) is 6.07 Å². The van der Waals surface area contributed by atoms with Gasteiger partial charge < -0.3 is 9.53 Å². The summed E-state index contributed by atoms with van der Waals surface area (Å²) in [7, 11) is 1.46. The SMILES string of the molecule is COc1ccc(C#CCC=O)c(F)c1. The number of carbonyl (C=O) groups is 1. The van der Waals surface area contributed by atoms with Crippen molar-refractivity contribution in [1.82, 2.24) is 0 Å². The van der Waals surface area contributed by atoms with E-state index in [2.05, 4.69) is 11.8 Å². The molecule has 0 spiro atoms. The van der Waals surface area contributed by atoms with Crippen molar-refractivity contribution in [3.63, 3.8) is 0 Å². The normalized spacial score (nSPS) is 8.71. The molecule has 1 rings (SSSR count). The van der Waals surface area contributed by atoms with E-state index in [1.165, 1.54) is 19.2 Å². The van der Waals surface area contributed by atoms with Crippen LogP contribution in [0.2, 0.25) is 0 Å². The van der Waals surface area contributed by atoms with Gasteiger partial charge in [0.05, 0.1) is 19.1 Å². The lowest BCUT2D eigenvalue weighted by Gasteiger charge is -1.99. The van der Waals surface area contributed by atoms with E-state index in [-0.39, 0.29) is 12.0 Å². The molecule has 0 aliphatic carbocycles. The summed E-state index contributed by atoms with van der Waals surface area (Å²) < 4.78 is 18.0. The van der Waals surface area contributed by atoms with Gasteiger partial charge in [0.25, 0.3) is 0 Å². The molecule has 0 bridgehead atoms. The van der Waals surface area contributed by atoms with E-state index >= 15 is 0 Å². The van der Waals surface area contributed by atoms with Gasteiger partial charge >= 0.3 is 0 Å². The molecule has 0 radical (unpaired) electrons. The Bertz CT molecular complexity index is 388. The molecule has 0 N–H and O–H groups in total. The van der Waals surface area contributed by atoms with Crippen LogP contribution in [0.5, 0.6) is 5.75 Å². The summed E-state index contributed by atoms with van der Waals surface area (Å²) in [5.41, 5.74) is 0.271. The predicted octanol–water partition coefficient (Wildman–Crippen LogP) is 1.77. The molecule has 0 unspecified atom stereocenters. The Morgan fingerprint density at radius 2 is 2.36 bits per heavy atom. The average molecular weight is 192 g/mol. The molecule has 0 aromatic heterocycles. The lowest BCUT2D eigenvalue weighted by molar-refractivity contribution is -0.107. The number of aldehydes is 1. The van der Waals surface area contributed by atoms with Crippen LogP contribution >= 0.6 is 0 Å². The van der Waals surface area contributed by atoms with Gasteiger partial charge in [-0.25, -0.2) is 4.39 Å². The van der Waals surface area contributed by atoms with Crippen molar-refractivity contribution in [2.24, 2.45) is 0 Å². The van der Waals surface area contributed by atoms with Crippen molar-refractivity contribution in [2.75, 3.05) is 7.11 Å². The van der Waals surface area contributed by atoms with Gasteiger partial charge in [0.1, 0.15) is 17.9 Å². The van der Waals surface area contributed by atoms with E-state index in [1.54, 1.807) is 6.07 Å². The Morgan fingerprint density at radius 3 is 2.93 bits per heavy atom. The first-order chi connectivity index (χ1) is 6.77. The van der Waals surface area contributed by atoms with Crippen molar-refractivity contribution in [2.45, 2.75) is 6.42 Å². The average Bonchev–Trinajstić information content (AvgIpc) is 2.20. The number of hydrogen-bond donors (Lipinski definition) is 0. The van der Waals surface area contributed by atoms with Crippen LogP contribution in [0, 0.1) is 17.7 Å². The maximum Gasteiger partial charge on any atom is 0.142 e. The van der Waals surface area contributed by atoms with Crippen LogP contribution in [0.15, 0.2) is 18.2 Å². The largest absolute Gasteiger partial charge is 0.497 e. The van der Waals surface area contributed by atoms with E-state index in [0.717, 1.165) is 0 Å². The summed E-state index contributed by atoms with van der Waals surface area (Å²) in [4.78, 5) is 9.96. The second kappa shape index (κ2) is 5.03. The summed E-state index contributed by atoms with van der Waals surface area (Å²) in [5.74, 6) is 5.09. The number of carbonyl (C=O) groups excluding carboxylic acids is 1. The molecule has 0 saturated heterocycles. The second-order valence-corrected chi connectivity index (χ2v) is 2.52. The van der Waals surface area contributed by atoms with Crippen molar-refractivity contribution >= 4 is 6.29 Å². The predicted molar refractivity (Wildman–Crippen MR) is 50.5 cm³/mol. The van der Waals surface area contributed by atoms with Crippen LogP contribution in [0.1, 0.15) is 12.0 Å². The molecule has 0 aliphatic heterocycles. The first-order valence-electron chi connectivity index (χ1n) is 4.04. The van der Waals surface area contributed by atoms with Crippen LogP contribution in [0.3, 0.4) is 0 Å². The molecular weight excluding hydrogens is 183 g/mol. The Morgan fingerprint density at radius 1 is 1.57 bits per heavy atom. The Labute approximate surface area is 81.7 Å². The zero-order chi connectivity index (χ0) is 10.4. The highest BCUT2D eigenvalue weighted by atomic mass is 19.1. The van der Waals surface area contributed by atoms with Gasteiger partial charge in [-0.05, 0) is 12.1 Å². The summed E-state index contributed by atoms with van der Waals surface area (Å²) in [6.45, 7) is 0. The lowest BCUT2D eigenvalue weighted by Crippen LogP contribution is -1.87. The van der Waals surface area contributed by atoms with E-state index in [9.17, 15) is 9.18 Å². The topological polar surface area (TPSA) is 26.3 Å².